The standard InChI is InChI=1S/C21H27N3OS.C5H9NO/c1-24(19-12-11-18(26-19)15-9-10-15)20(16-6-5-13-22-14-16)21(25)23-17-7-3-2-4-8-17;7-4-5-2-1-3-6-5/h5-6,11-15,17,20H,2-4,7-10H2,1H3,(H,23,25);4-6H,1-3H2. The lowest BCUT2D eigenvalue weighted by atomic mass is 9.95. The lowest BCUT2D eigenvalue weighted by molar-refractivity contribution is -0.123. The van der Waals surface area contributed by atoms with Crippen LogP contribution in [0.2, 0.25) is 0 Å². The molecule has 2 atom stereocenters. The number of pyridine rings is 1. The van der Waals surface area contributed by atoms with Gasteiger partial charge in [0.1, 0.15) is 12.3 Å². The Kier molecular flexibility index (Phi) is 8.51. The van der Waals surface area contributed by atoms with Crippen molar-refractivity contribution in [2.75, 3.05) is 18.5 Å². The SMILES string of the molecule is CN(c1ccc(C2CC2)s1)C(C(=O)NC1CCCCC1)c1cccnc1.O=CC1CCCN1. The second-order valence-electron chi connectivity index (χ2n) is 9.43. The monoisotopic (exact) mass is 468 g/mol. The van der Waals surface area contributed by atoms with Gasteiger partial charge in [0.15, 0.2) is 0 Å². The number of anilines is 1. The Morgan fingerprint density at radius 2 is 1.97 bits per heavy atom. The molecule has 6 nitrogen and oxygen atoms in total. The Labute approximate surface area is 201 Å². The van der Waals surface area contributed by atoms with E-state index < -0.39 is 0 Å². The third kappa shape index (κ3) is 6.64. The fourth-order valence-corrected chi connectivity index (χ4v) is 5.85. The minimum Gasteiger partial charge on any atom is -0.351 e. The van der Waals surface area contributed by atoms with Crippen molar-refractivity contribution < 1.29 is 9.59 Å². The number of carbonyl (C=O) groups excluding carboxylic acids is 2. The van der Waals surface area contributed by atoms with Crippen LogP contribution in [0.1, 0.15) is 80.2 Å². The zero-order chi connectivity index (χ0) is 23.0. The van der Waals surface area contributed by atoms with E-state index >= 15 is 0 Å². The minimum atomic E-state index is -0.337. The fraction of sp³-hybridized carbons (Fsp3) is 0.577. The summed E-state index contributed by atoms with van der Waals surface area (Å²) in [4.78, 5) is 31.0. The maximum atomic E-state index is 13.2. The van der Waals surface area contributed by atoms with E-state index in [4.69, 9.17) is 0 Å². The molecule has 1 saturated heterocycles. The van der Waals surface area contributed by atoms with Crippen LogP contribution >= 0.6 is 11.3 Å². The number of thiophene rings is 1. The normalized spacial score (nSPS) is 21.5. The van der Waals surface area contributed by atoms with Crippen molar-refractivity contribution in [3.8, 4) is 0 Å². The van der Waals surface area contributed by atoms with Gasteiger partial charge in [-0.1, -0.05) is 25.3 Å². The number of aromatic nitrogens is 1. The zero-order valence-electron chi connectivity index (χ0n) is 19.5. The Morgan fingerprint density at radius 3 is 2.58 bits per heavy atom. The number of rotatable bonds is 7. The van der Waals surface area contributed by atoms with Gasteiger partial charge in [0.2, 0.25) is 5.91 Å². The summed E-state index contributed by atoms with van der Waals surface area (Å²) in [6.07, 6.45) is 15.3. The van der Waals surface area contributed by atoms with Gasteiger partial charge < -0.3 is 20.3 Å². The van der Waals surface area contributed by atoms with Crippen molar-refractivity contribution in [2.24, 2.45) is 0 Å². The van der Waals surface area contributed by atoms with Gasteiger partial charge in [-0.05, 0) is 69.2 Å². The van der Waals surface area contributed by atoms with E-state index in [1.165, 1.54) is 37.0 Å². The summed E-state index contributed by atoms with van der Waals surface area (Å²) in [7, 11) is 2.03. The quantitative estimate of drug-likeness (QED) is 0.582. The van der Waals surface area contributed by atoms with E-state index in [0.29, 0.717) is 6.04 Å². The summed E-state index contributed by atoms with van der Waals surface area (Å²) in [5.41, 5.74) is 0.949. The highest BCUT2D eigenvalue weighted by molar-refractivity contribution is 7.16. The molecule has 1 amide bonds. The molecule has 1 aliphatic heterocycles. The second kappa shape index (κ2) is 11.7. The molecule has 3 aliphatic rings. The Morgan fingerprint density at radius 1 is 1.15 bits per heavy atom. The first kappa shape index (κ1) is 23.9. The molecule has 178 valence electrons. The smallest absolute Gasteiger partial charge is 0.247 e. The lowest BCUT2D eigenvalue weighted by Gasteiger charge is -2.31. The van der Waals surface area contributed by atoms with Crippen LogP contribution in [0.3, 0.4) is 0 Å². The predicted octanol–water partition coefficient (Wildman–Crippen LogP) is 4.58. The molecule has 0 radical (unpaired) electrons. The van der Waals surface area contributed by atoms with E-state index in [9.17, 15) is 9.59 Å². The molecule has 3 fully saturated rings. The molecule has 5 rings (SSSR count). The largest absolute Gasteiger partial charge is 0.351 e. The van der Waals surface area contributed by atoms with E-state index in [1.54, 1.807) is 6.20 Å². The van der Waals surface area contributed by atoms with Gasteiger partial charge in [0, 0.05) is 35.9 Å². The fourth-order valence-electron chi connectivity index (χ4n) is 4.69. The maximum Gasteiger partial charge on any atom is 0.247 e. The molecule has 33 heavy (non-hydrogen) atoms. The zero-order valence-corrected chi connectivity index (χ0v) is 20.4. The molecular weight excluding hydrogens is 432 g/mol. The first-order valence-electron chi connectivity index (χ1n) is 12.4. The molecular formula is C26H36N4O2S. The van der Waals surface area contributed by atoms with Crippen LogP contribution in [0.4, 0.5) is 5.00 Å². The van der Waals surface area contributed by atoms with Gasteiger partial charge in [0.05, 0.1) is 11.0 Å². The highest BCUT2D eigenvalue weighted by Crippen LogP contribution is 2.45. The topological polar surface area (TPSA) is 74.3 Å². The van der Waals surface area contributed by atoms with Crippen LogP contribution in [0, 0.1) is 0 Å². The van der Waals surface area contributed by atoms with Crippen molar-refractivity contribution >= 4 is 28.5 Å². The molecule has 0 bridgehead atoms. The summed E-state index contributed by atoms with van der Waals surface area (Å²) in [6.45, 7) is 1.02. The van der Waals surface area contributed by atoms with E-state index in [1.807, 2.05) is 36.7 Å². The molecule has 0 aromatic carbocycles. The molecule has 7 heteroatoms. The van der Waals surface area contributed by atoms with Crippen LogP contribution in [-0.4, -0.2) is 42.9 Å². The predicted molar refractivity (Wildman–Crippen MR) is 134 cm³/mol. The molecule has 2 saturated carbocycles. The highest BCUT2D eigenvalue weighted by atomic mass is 32.1. The molecule has 2 unspecified atom stereocenters. The van der Waals surface area contributed by atoms with Gasteiger partial charge in [0.25, 0.3) is 0 Å². The number of amides is 1. The van der Waals surface area contributed by atoms with Crippen LogP contribution in [0.5, 0.6) is 0 Å². The van der Waals surface area contributed by atoms with Crippen LogP contribution < -0.4 is 15.5 Å². The van der Waals surface area contributed by atoms with E-state index in [-0.39, 0.29) is 18.0 Å². The lowest BCUT2D eigenvalue weighted by Crippen LogP contribution is -2.44. The number of nitrogens with zero attached hydrogens (tertiary/aromatic N) is 2. The average Bonchev–Trinajstić information content (AvgIpc) is 3.34. The number of aldehydes is 1. The van der Waals surface area contributed by atoms with Crippen LogP contribution in [0.15, 0.2) is 36.7 Å². The first-order valence-corrected chi connectivity index (χ1v) is 13.2. The first-order chi connectivity index (χ1) is 16.2. The van der Waals surface area contributed by atoms with Crippen molar-refractivity contribution in [3.05, 3.63) is 47.1 Å². The Bertz CT molecular complexity index is 887. The molecule has 2 aromatic heterocycles. The van der Waals surface area contributed by atoms with Gasteiger partial charge in [-0.2, -0.15) is 0 Å². The van der Waals surface area contributed by atoms with Gasteiger partial charge in [-0.25, -0.2) is 0 Å². The van der Waals surface area contributed by atoms with Crippen molar-refractivity contribution in [2.45, 2.75) is 81.8 Å². The average molecular weight is 469 g/mol. The Balaban J connectivity index is 0.000000318. The third-order valence-electron chi connectivity index (χ3n) is 6.79. The molecule has 2 aromatic rings. The molecule has 3 heterocycles. The summed E-state index contributed by atoms with van der Waals surface area (Å²) in [5.74, 6) is 0.837. The number of likely N-dealkylation sites (N-methyl/N-ethyl adjacent to an activating group) is 1. The van der Waals surface area contributed by atoms with Crippen molar-refractivity contribution in [1.82, 2.24) is 15.6 Å². The summed E-state index contributed by atoms with van der Waals surface area (Å²) in [5, 5.41) is 7.50. The van der Waals surface area contributed by atoms with Gasteiger partial charge in [-0.15, -0.1) is 11.3 Å². The molecule has 2 aliphatic carbocycles. The number of carbonyl (C=O) groups is 2. The maximum absolute atomic E-state index is 13.2. The highest BCUT2D eigenvalue weighted by Gasteiger charge is 2.30. The van der Waals surface area contributed by atoms with E-state index in [2.05, 4.69) is 32.7 Å². The van der Waals surface area contributed by atoms with E-state index in [0.717, 1.165) is 55.0 Å². The number of nitrogens with one attached hydrogen (secondary N) is 2. The van der Waals surface area contributed by atoms with Gasteiger partial charge >= 0.3 is 0 Å². The summed E-state index contributed by atoms with van der Waals surface area (Å²) < 4.78 is 0. The minimum absolute atomic E-state index is 0.0915. The van der Waals surface area contributed by atoms with Crippen LogP contribution in [0.25, 0.3) is 0 Å². The van der Waals surface area contributed by atoms with Crippen molar-refractivity contribution in [3.63, 3.8) is 0 Å². The van der Waals surface area contributed by atoms with Crippen LogP contribution in [-0.2, 0) is 9.59 Å². The summed E-state index contributed by atoms with van der Waals surface area (Å²) >= 11 is 1.82. The van der Waals surface area contributed by atoms with Gasteiger partial charge in [-0.3, -0.25) is 9.78 Å². The second-order valence-corrected chi connectivity index (χ2v) is 10.5. The number of hydrogen-bond donors (Lipinski definition) is 2. The third-order valence-corrected chi connectivity index (χ3v) is 8.13. The van der Waals surface area contributed by atoms with Crippen molar-refractivity contribution in [1.29, 1.82) is 0 Å². The summed E-state index contributed by atoms with van der Waals surface area (Å²) in [6, 6.07) is 8.45. The number of hydrogen-bond acceptors (Lipinski definition) is 6. The Hall–Kier alpha value is -2.25. The molecule has 2 N–H and O–H groups in total. The molecule has 0 spiro atoms.